The number of pyridine rings is 1. The number of anilines is 3. The lowest BCUT2D eigenvalue weighted by atomic mass is 10.1. The molecule has 2 aromatic heterocycles. The van der Waals surface area contributed by atoms with Gasteiger partial charge in [0.15, 0.2) is 5.82 Å². The number of hydrogen-bond donors (Lipinski definition) is 3. The first-order valence-electron chi connectivity index (χ1n) is 7.69. The summed E-state index contributed by atoms with van der Waals surface area (Å²) < 4.78 is 6.46. The highest BCUT2D eigenvalue weighted by Crippen LogP contribution is 2.34. The van der Waals surface area contributed by atoms with Gasteiger partial charge in [-0.15, -0.1) is 0 Å². The molecule has 25 heavy (non-hydrogen) atoms. The Morgan fingerprint density at radius 3 is 3.00 bits per heavy atom. The summed E-state index contributed by atoms with van der Waals surface area (Å²) in [7, 11) is 0. The topological polar surface area (TPSA) is 74.9 Å². The highest BCUT2D eigenvalue weighted by molar-refractivity contribution is 9.10. The zero-order chi connectivity index (χ0) is 16.8. The maximum Gasteiger partial charge on any atom is 0.157 e. The summed E-state index contributed by atoms with van der Waals surface area (Å²) in [5, 5.41) is 15.8. The van der Waals surface area contributed by atoms with Gasteiger partial charge in [-0.2, -0.15) is 5.10 Å². The van der Waals surface area contributed by atoms with E-state index in [0.717, 1.165) is 49.2 Å². The molecule has 1 aliphatic rings. The molecule has 5 rings (SSSR count). The summed E-state index contributed by atoms with van der Waals surface area (Å²) >= 11 is 3.52. The molecular formula is C18H12BrN5O. The first-order valence-corrected chi connectivity index (χ1v) is 8.49. The van der Waals surface area contributed by atoms with E-state index in [-0.39, 0.29) is 0 Å². The highest BCUT2D eigenvalue weighted by atomic mass is 79.9. The van der Waals surface area contributed by atoms with E-state index in [1.54, 1.807) is 12.5 Å². The largest absolute Gasteiger partial charge is 0.461 e. The maximum atomic E-state index is 5.45. The minimum atomic E-state index is 0.731. The number of benzene rings is 2. The second kappa shape index (κ2) is 5.49. The van der Waals surface area contributed by atoms with Crippen molar-refractivity contribution in [3.8, 4) is 5.75 Å². The van der Waals surface area contributed by atoms with Crippen LogP contribution in [-0.2, 0) is 0 Å². The Kier molecular flexibility index (Phi) is 3.14. The third kappa shape index (κ3) is 2.40. The molecule has 7 heteroatoms. The van der Waals surface area contributed by atoms with Gasteiger partial charge in [-0.3, -0.25) is 5.10 Å². The molecule has 3 heterocycles. The Labute approximate surface area is 151 Å². The van der Waals surface area contributed by atoms with Crippen LogP contribution in [0.2, 0.25) is 0 Å². The molecule has 2 aromatic carbocycles. The van der Waals surface area contributed by atoms with Crippen molar-refractivity contribution in [3.63, 3.8) is 0 Å². The van der Waals surface area contributed by atoms with Crippen molar-refractivity contribution in [1.29, 1.82) is 0 Å². The third-order valence-electron chi connectivity index (χ3n) is 4.10. The summed E-state index contributed by atoms with van der Waals surface area (Å²) in [4.78, 5) is 4.76. The number of H-pyrrole nitrogens is 1. The SMILES string of the molecule is Brc1ccc2nc(Nc3ccc4c(c3)NC=CO4)c3[nH]ncc3c2c1. The fourth-order valence-corrected chi connectivity index (χ4v) is 3.31. The smallest absolute Gasteiger partial charge is 0.157 e. The van der Waals surface area contributed by atoms with Gasteiger partial charge >= 0.3 is 0 Å². The van der Waals surface area contributed by atoms with E-state index in [1.807, 2.05) is 36.5 Å². The van der Waals surface area contributed by atoms with Gasteiger partial charge in [0.1, 0.15) is 17.5 Å². The number of nitrogens with one attached hydrogen (secondary N) is 3. The van der Waals surface area contributed by atoms with E-state index < -0.39 is 0 Å². The van der Waals surface area contributed by atoms with E-state index in [2.05, 4.69) is 42.8 Å². The average Bonchev–Trinajstić information content (AvgIpc) is 3.13. The molecule has 0 saturated carbocycles. The molecule has 0 saturated heterocycles. The van der Waals surface area contributed by atoms with Crippen LogP contribution in [0.3, 0.4) is 0 Å². The molecule has 0 bridgehead atoms. The molecule has 1 aliphatic heterocycles. The summed E-state index contributed by atoms with van der Waals surface area (Å²) in [6.45, 7) is 0. The predicted molar refractivity (Wildman–Crippen MR) is 102 cm³/mol. The van der Waals surface area contributed by atoms with Crippen LogP contribution >= 0.6 is 15.9 Å². The van der Waals surface area contributed by atoms with Gasteiger partial charge < -0.3 is 15.4 Å². The fraction of sp³-hybridized carbons (Fsp3) is 0. The summed E-state index contributed by atoms with van der Waals surface area (Å²) in [5.41, 5.74) is 3.58. The second-order valence-corrected chi connectivity index (χ2v) is 6.60. The quantitative estimate of drug-likeness (QED) is 0.451. The number of aromatic amines is 1. The van der Waals surface area contributed by atoms with E-state index in [9.17, 15) is 0 Å². The molecular weight excluding hydrogens is 382 g/mol. The molecule has 122 valence electrons. The standard InChI is InChI=1S/C18H12BrN5O/c19-10-1-3-14-12(7-10)13-9-21-24-17(13)18(23-14)22-11-2-4-16-15(8-11)20-5-6-25-16/h1-9,20H,(H,21,24)(H,22,23). The first-order chi connectivity index (χ1) is 12.3. The van der Waals surface area contributed by atoms with E-state index in [0.29, 0.717) is 0 Å². The Bertz CT molecular complexity index is 1150. The van der Waals surface area contributed by atoms with Crippen LogP contribution in [0.15, 0.2) is 59.5 Å². The van der Waals surface area contributed by atoms with Crippen molar-refractivity contribution in [3.05, 3.63) is 59.5 Å². The molecule has 0 radical (unpaired) electrons. The van der Waals surface area contributed by atoms with Crippen molar-refractivity contribution in [2.24, 2.45) is 0 Å². The molecule has 0 fully saturated rings. The minimum Gasteiger partial charge on any atom is -0.461 e. The fourth-order valence-electron chi connectivity index (χ4n) is 2.95. The van der Waals surface area contributed by atoms with Crippen molar-refractivity contribution < 1.29 is 4.74 Å². The first kappa shape index (κ1) is 14.3. The monoisotopic (exact) mass is 393 g/mol. The lowest BCUT2D eigenvalue weighted by Crippen LogP contribution is -2.01. The van der Waals surface area contributed by atoms with Gasteiger partial charge in [0.05, 0.1) is 17.4 Å². The van der Waals surface area contributed by atoms with E-state index in [1.165, 1.54) is 0 Å². The Balaban J connectivity index is 1.63. The minimum absolute atomic E-state index is 0.731. The van der Waals surface area contributed by atoms with Crippen molar-refractivity contribution >= 4 is 54.9 Å². The molecule has 4 aromatic rings. The Morgan fingerprint density at radius 1 is 1.08 bits per heavy atom. The van der Waals surface area contributed by atoms with Gasteiger partial charge in [0.25, 0.3) is 0 Å². The van der Waals surface area contributed by atoms with Crippen LogP contribution in [0.5, 0.6) is 5.75 Å². The number of hydrogen-bond acceptors (Lipinski definition) is 5. The van der Waals surface area contributed by atoms with Gasteiger partial charge in [-0.05, 0) is 36.4 Å². The van der Waals surface area contributed by atoms with Crippen LogP contribution in [0.25, 0.3) is 21.8 Å². The van der Waals surface area contributed by atoms with Crippen molar-refractivity contribution in [1.82, 2.24) is 15.2 Å². The van der Waals surface area contributed by atoms with Crippen LogP contribution in [0.1, 0.15) is 0 Å². The zero-order valence-electron chi connectivity index (χ0n) is 12.9. The second-order valence-electron chi connectivity index (χ2n) is 5.68. The molecule has 6 nitrogen and oxygen atoms in total. The highest BCUT2D eigenvalue weighted by Gasteiger charge is 2.12. The van der Waals surface area contributed by atoms with Crippen LogP contribution < -0.4 is 15.4 Å². The number of fused-ring (bicyclic) bond motifs is 4. The third-order valence-corrected chi connectivity index (χ3v) is 4.59. The van der Waals surface area contributed by atoms with Crippen molar-refractivity contribution in [2.45, 2.75) is 0 Å². The number of ether oxygens (including phenoxy) is 1. The normalized spacial score (nSPS) is 12.7. The summed E-state index contributed by atoms with van der Waals surface area (Å²) in [6.07, 6.45) is 5.20. The average molecular weight is 394 g/mol. The van der Waals surface area contributed by atoms with Gasteiger partial charge in [-0.25, -0.2) is 4.98 Å². The van der Waals surface area contributed by atoms with Crippen LogP contribution in [0.4, 0.5) is 17.2 Å². The lowest BCUT2D eigenvalue weighted by molar-refractivity contribution is 0.477. The summed E-state index contributed by atoms with van der Waals surface area (Å²) in [6, 6.07) is 11.9. The number of nitrogens with zero attached hydrogens (tertiary/aromatic N) is 2. The lowest BCUT2D eigenvalue weighted by Gasteiger charge is -2.15. The van der Waals surface area contributed by atoms with Gasteiger partial charge in [0.2, 0.25) is 0 Å². The summed E-state index contributed by atoms with van der Waals surface area (Å²) in [5.74, 6) is 1.52. The van der Waals surface area contributed by atoms with Gasteiger partial charge in [0, 0.05) is 27.1 Å². The molecule has 0 unspecified atom stereocenters. The predicted octanol–water partition coefficient (Wildman–Crippen LogP) is 4.89. The number of rotatable bonds is 2. The van der Waals surface area contributed by atoms with Crippen LogP contribution in [-0.4, -0.2) is 15.2 Å². The number of aromatic nitrogens is 3. The Hall–Kier alpha value is -3.06. The molecule has 0 spiro atoms. The number of halogens is 1. The Morgan fingerprint density at radius 2 is 2.04 bits per heavy atom. The van der Waals surface area contributed by atoms with E-state index in [4.69, 9.17) is 9.72 Å². The molecule has 3 N–H and O–H groups in total. The molecule has 0 aliphatic carbocycles. The molecule has 0 amide bonds. The maximum absolute atomic E-state index is 5.45. The van der Waals surface area contributed by atoms with Crippen molar-refractivity contribution in [2.75, 3.05) is 10.6 Å². The van der Waals surface area contributed by atoms with Crippen LogP contribution in [0, 0.1) is 0 Å². The molecule has 0 atom stereocenters. The van der Waals surface area contributed by atoms with E-state index >= 15 is 0 Å². The zero-order valence-corrected chi connectivity index (χ0v) is 14.5. The van der Waals surface area contributed by atoms with Gasteiger partial charge in [-0.1, -0.05) is 15.9 Å².